The number of hydrogen-bond donors (Lipinski definition) is 5. The van der Waals surface area contributed by atoms with E-state index in [2.05, 4.69) is 48.1 Å². The second kappa shape index (κ2) is 11.2. The summed E-state index contributed by atoms with van der Waals surface area (Å²) in [5.74, 6) is 0.600. The van der Waals surface area contributed by atoms with E-state index in [-0.39, 0.29) is 30.6 Å². The summed E-state index contributed by atoms with van der Waals surface area (Å²) in [5, 5.41) is 26.2. The van der Waals surface area contributed by atoms with Crippen LogP contribution in [0.15, 0.2) is 58.1 Å². The highest BCUT2D eigenvalue weighted by atomic mass is 79.9. The van der Waals surface area contributed by atoms with Crippen molar-refractivity contribution in [1.82, 2.24) is 24.4 Å². The number of nitrogens with one attached hydrogen (secondary N) is 3. The lowest BCUT2D eigenvalue weighted by Gasteiger charge is -2.30. The zero-order chi connectivity index (χ0) is 28.7. The molecule has 0 radical (unpaired) electrons. The SMILES string of the molecule is CN1CCC(n2cc3cc4[nH]c(-c5c(NC[C@@H](O)COc6ccc(F)cc6Br)cc[nH]c5=O)nc4cc3c2O)CC1. The van der Waals surface area contributed by atoms with Crippen molar-refractivity contribution < 1.29 is 19.3 Å². The summed E-state index contributed by atoms with van der Waals surface area (Å²) in [4.78, 5) is 25.8. The Kier molecular flexibility index (Phi) is 7.45. The second-order valence-corrected chi connectivity index (χ2v) is 11.3. The number of hydrogen-bond acceptors (Lipinski definition) is 7. The molecule has 1 fully saturated rings. The molecule has 3 aromatic heterocycles. The molecule has 1 saturated heterocycles. The zero-order valence-electron chi connectivity index (χ0n) is 22.3. The number of aromatic nitrogens is 4. The number of ether oxygens (including phenoxy) is 1. The number of halogens is 2. The highest BCUT2D eigenvalue weighted by Gasteiger charge is 2.23. The number of aromatic amines is 2. The Morgan fingerprint density at radius 2 is 2.05 bits per heavy atom. The summed E-state index contributed by atoms with van der Waals surface area (Å²) in [6.45, 7) is 2.02. The highest BCUT2D eigenvalue weighted by Crippen LogP contribution is 2.36. The molecule has 0 unspecified atom stereocenters. The molecule has 41 heavy (non-hydrogen) atoms. The lowest BCUT2D eigenvalue weighted by molar-refractivity contribution is 0.117. The maximum atomic E-state index is 13.3. The molecule has 0 aliphatic carbocycles. The summed E-state index contributed by atoms with van der Waals surface area (Å²) in [6, 6.07) is 9.75. The Morgan fingerprint density at radius 3 is 2.83 bits per heavy atom. The van der Waals surface area contributed by atoms with Crippen molar-refractivity contribution in [3.63, 3.8) is 0 Å². The summed E-state index contributed by atoms with van der Waals surface area (Å²) in [7, 11) is 2.11. The Morgan fingerprint density at radius 1 is 1.24 bits per heavy atom. The van der Waals surface area contributed by atoms with E-state index in [1.54, 1.807) is 6.07 Å². The first-order chi connectivity index (χ1) is 19.8. The van der Waals surface area contributed by atoms with Crippen LogP contribution in [0.25, 0.3) is 33.2 Å². The first-order valence-corrected chi connectivity index (χ1v) is 14.2. The average molecular weight is 625 g/mol. The van der Waals surface area contributed by atoms with Crippen LogP contribution in [0.4, 0.5) is 10.1 Å². The van der Waals surface area contributed by atoms with Gasteiger partial charge in [0.1, 0.15) is 35.7 Å². The highest BCUT2D eigenvalue weighted by molar-refractivity contribution is 9.10. The van der Waals surface area contributed by atoms with Gasteiger partial charge in [-0.25, -0.2) is 9.37 Å². The summed E-state index contributed by atoms with van der Waals surface area (Å²) in [5.41, 5.74) is 1.79. The number of fused-ring (bicyclic) bond motifs is 2. The Bertz CT molecular complexity index is 1770. The van der Waals surface area contributed by atoms with Crippen LogP contribution in [0.3, 0.4) is 0 Å². The Labute approximate surface area is 242 Å². The van der Waals surface area contributed by atoms with E-state index in [1.807, 2.05) is 22.9 Å². The predicted molar refractivity (Wildman–Crippen MR) is 159 cm³/mol. The van der Waals surface area contributed by atoms with Gasteiger partial charge in [0.15, 0.2) is 5.88 Å². The van der Waals surface area contributed by atoms with E-state index in [4.69, 9.17) is 4.74 Å². The number of likely N-dealkylation sites (tertiary alicyclic amines) is 1. The van der Waals surface area contributed by atoms with Crippen molar-refractivity contribution in [2.24, 2.45) is 0 Å². The molecular formula is C29H30BrFN6O4. The molecule has 1 atom stereocenters. The largest absolute Gasteiger partial charge is 0.494 e. The van der Waals surface area contributed by atoms with Crippen molar-refractivity contribution in [3.05, 3.63) is 69.4 Å². The molecule has 0 bridgehead atoms. The van der Waals surface area contributed by atoms with Gasteiger partial charge in [0.25, 0.3) is 5.56 Å². The van der Waals surface area contributed by atoms with Gasteiger partial charge in [-0.1, -0.05) is 0 Å². The number of aliphatic hydroxyl groups excluding tert-OH is 1. The molecule has 5 aromatic rings. The summed E-state index contributed by atoms with van der Waals surface area (Å²) in [6.07, 6.45) is 4.53. The molecular weight excluding hydrogens is 595 g/mol. The fourth-order valence-electron chi connectivity index (χ4n) is 5.32. The third-order valence-electron chi connectivity index (χ3n) is 7.55. The van der Waals surface area contributed by atoms with Gasteiger partial charge >= 0.3 is 0 Å². The lowest BCUT2D eigenvalue weighted by atomic mass is 10.1. The van der Waals surface area contributed by atoms with Gasteiger partial charge in [0, 0.05) is 35.8 Å². The van der Waals surface area contributed by atoms with E-state index in [1.165, 1.54) is 24.4 Å². The minimum absolute atomic E-state index is 0.0446. The fourth-order valence-corrected chi connectivity index (χ4v) is 5.79. The molecule has 0 saturated carbocycles. The third-order valence-corrected chi connectivity index (χ3v) is 8.17. The molecule has 0 amide bonds. The van der Waals surface area contributed by atoms with Crippen LogP contribution in [0, 0.1) is 5.82 Å². The van der Waals surface area contributed by atoms with E-state index in [0.29, 0.717) is 38.2 Å². The standard InChI is InChI=1S/C29H30BrFN6O4/c1-36-8-5-18(6-9-36)37-14-16-10-23-24(12-20(16)29(37)40)35-27(34-23)26-22(4-7-32-28(26)39)33-13-19(38)15-41-25-3-2-17(31)11-21(25)30/h2-4,7,10-12,14,18-19,38,40H,5-6,8-9,13,15H2,1H3,(H,34,35)(H2,32,33,39)/t19-/m1/s1. The van der Waals surface area contributed by atoms with Gasteiger partial charge in [-0.15, -0.1) is 0 Å². The van der Waals surface area contributed by atoms with Gasteiger partial charge < -0.3 is 39.7 Å². The van der Waals surface area contributed by atoms with Crippen LogP contribution >= 0.6 is 15.9 Å². The number of nitrogens with zero attached hydrogens (tertiary/aromatic N) is 3. The minimum atomic E-state index is -0.917. The van der Waals surface area contributed by atoms with E-state index >= 15 is 0 Å². The monoisotopic (exact) mass is 624 g/mol. The van der Waals surface area contributed by atoms with Gasteiger partial charge in [0.2, 0.25) is 0 Å². The number of benzene rings is 2. The third kappa shape index (κ3) is 5.54. The van der Waals surface area contributed by atoms with Gasteiger partial charge in [-0.05, 0) is 85.3 Å². The quantitative estimate of drug-likeness (QED) is 0.170. The van der Waals surface area contributed by atoms with Gasteiger partial charge in [-0.3, -0.25) is 4.79 Å². The van der Waals surface area contributed by atoms with E-state index < -0.39 is 11.9 Å². The number of aromatic hydroxyl groups is 1. The number of pyridine rings is 1. The molecule has 2 aromatic carbocycles. The molecule has 1 aliphatic heterocycles. The molecule has 10 nitrogen and oxygen atoms in total. The molecule has 5 N–H and O–H groups in total. The van der Waals surface area contributed by atoms with Crippen molar-refractivity contribution in [1.29, 1.82) is 0 Å². The predicted octanol–water partition coefficient (Wildman–Crippen LogP) is 4.60. The van der Waals surface area contributed by atoms with Crippen LogP contribution < -0.4 is 15.6 Å². The Hall–Kier alpha value is -3.87. The first-order valence-electron chi connectivity index (χ1n) is 13.4. The first kappa shape index (κ1) is 27.3. The van der Waals surface area contributed by atoms with Crippen molar-refractivity contribution in [2.75, 3.05) is 38.6 Å². The molecule has 6 rings (SSSR count). The van der Waals surface area contributed by atoms with Crippen LogP contribution in [0.1, 0.15) is 18.9 Å². The van der Waals surface area contributed by atoms with Crippen molar-refractivity contribution in [3.8, 4) is 23.0 Å². The van der Waals surface area contributed by atoms with Crippen molar-refractivity contribution in [2.45, 2.75) is 25.0 Å². The minimum Gasteiger partial charge on any atom is -0.494 e. The smallest absolute Gasteiger partial charge is 0.261 e. The van der Waals surface area contributed by atoms with Crippen LogP contribution in [-0.2, 0) is 0 Å². The van der Waals surface area contributed by atoms with Crippen molar-refractivity contribution >= 4 is 43.4 Å². The molecule has 0 spiro atoms. The number of H-pyrrole nitrogens is 2. The zero-order valence-corrected chi connectivity index (χ0v) is 23.9. The second-order valence-electron chi connectivity index (χ2n) is 10.5. The molecule has 1 aliphatic rings. The molecule has 4 heterocycles. The number of aliphatic hydroxyl groups is 1. The topological polar surface area (TPSA) is 131 Å². The van der Waals surface area contributed by atoms with Crippen LogP contribution in [-0.4, -0.2) is 74.0 Å². The lowest BCUT2D eigenvalue weighted by Crippen LogP contribution is -2.31. The van der Waals surface area contributed by atoms with E-state index in [0.717, 1.165) is 36.8 Å². The number of rotatable bonds is 8. The average Bonchev–Trinajstić information content (AvgIpc) is 3.50. The Balaban J connectivity index is 1.22. The van der Waals surface area contributed by atoms with Crippen LogP contribution in [0.5, 0.6) is 11.6 Å². The number of anilines is 1. The maximum Gasteiger partial charge on any atom is 0.261 e. The summed E-state index contributed by atoms with van der Waals surface area (Å²) < 4.78 is 21.3. The van der Waals surface area contributed by atoms with Crippen LogP contribution in [0.2, 0.25) is 0 Å². The summed E-state index contributed by atoms with van der Waals surface area (Å²) >= 11 is 3.24. The molecule has 12 heteroatoms. The number of imidazole rings is 1. The van der Waals surface area contributed by atoms with Gasteiger partial charge in [0.05, 0.1) is 21.2 Å². The maximum absolute atomic E-state index is 13.3. The van der Waals surface area contributed by atoms with E-state index in [9.17, 15) is 19.4 Å². The van der Waals surface area contributed by atoms with Gasteiger partial charge in [-0.2, -0.15) is 0 Å². The molecule has 214 valence electrons. The normalized spacial score (nSPS) is 15.5. The number of piperidine rings is 1. The fraction of sp³-hybridized carbons (Fsp3) is 0.310.